The molecule has 1 aliphatic heterocycles. The van der Waals surface area contributed by atoms with Crippen molar-refractivity contribution in [1.82, 2.24) is 5.32 Å². The molecule has 9 heteroatoms. The van der Waals surface area contributed by atoms with Gasteiger partial charge in [-0.25, -0.2) is 4.79 Å². The topological polar surface area (TPSA) is 85.9 Å². The molecule has 5 rings (SSSR count). The van der Waals surface area contributed by atoms with Crippen molar-refractivity contribution in [2.75, 3.05) is 60.3 Å². The van der Waals surface area contributed by atoms with Gasteiger partial charge in [-0.3, -0.25) is 4.79 Å². The van der Waals surface area contributed by atoms with Gasteiger partial charge in [-0.2, -0.15) is 0 Å². The second-order valence-corrected chi connectivity index (χ2v) is 10.4. The van der Waals surface area contributed by atoms with Gasteiger partial charge in [0, 0.05) is 54.8 Å². The molecule has 0 saturated carbocycles. The van der Waals surface area contributed by atoms with Gasteiger partial charge in [0.15, 0.2) is 0 Å². The first-order valence-corrected chi connectivity index (χ1v) is 14.3. The number of hydrogen-bond acceptors (Lipinski definition) is 5. The highest BCUT2D eigenvalue weighted by molar-refractivity contribution is 6.30. The van der Waals surface area contributed by atoms with E-state index in [1.54, 1.807) is 37.4 Å². The molecule has 1 aliphatic rings. The Bertz CT molecular complexity index is 1520. The Morgan fingerprint density at radius 1 is 0.762 bits per heavy atom. The quantitative estimate of drug-likeness (QED) is 0.216. The summed E-state index contributed by atoms with van der Waals surface area (Å²) < 4.78 is 5.56. The van der Waals surface area contributed by atoms with Crippen LogP contribution in [0.3, 0.4) is 0 Å². The monoisotopic (exact) mass is 583 g/mol. The van der Waals surface area contributed by atoms with Gasteiger partial charge < -0.3 is 30.5 Å². The molecule has 1 saturated heterocycles. The van der Waals surface area contributed by atoms with Gasteiger partial charge in [0.2, 0.25) is 0 Å². The van der Waals surface area contributed by atoms with Crippen LogP contribution in [0.4, 0.5) is 27.5 Å². The highest BCUT2D eigenvalue weighted by atomic mass is 35.5. The molecule has 0 unspecified atom stereocenters. The van der Waals surface area contributed by atoms with Crippen LogP contribution in [0.2, 0.25) is 5.02 Å². The maximum absolute atomic E-state index is 13.5. The van der Waals surface area contributed by atoms with Crippen LogP contribution in [0.15, 0.2) is 97.1 Å². The summed E-state index contributed by atoms with van der Waals surface area (Å²) in [5.41, 5.74) is 4.63. The SMILES string of the molecule is COc1ccccc1N1CCN(c2ccc(NC(=O)Nc3cccc(Cl)c3)cc2C(=O)NCCc2ccccc2)CC1. The normalized spacial score (nSPS) is 12.9. The van der Waals surface area contributed by atoms with E-state index < -0.39 is 6.03 Å². The third-order valence-electron chi connectivity index (χ3n) is 7.17. The van der Waals surface area contributed by atoms with Crippen LogP contribution in [-0.2, 0) is 6.42 Å². The van der Waals surface area contributed by atoms with Crippen molar-refractivity contribution in [1.29, 1.82) is 0 Å². The van der Waals surface area contributed by atoms with Gasteiger partial charge in [0.25, 0.3) is 5.91 Å². The first kappa shape index (κ1) is 28.8. The molecular formula is C33H34ClN5O3. The number of nitrogens with zero attached hydrogens (tertiary/aromatic N) is 2. The van der Waals surface area contributed by atoms with Crippen LogP contribution < -0.4 is 30.5 Å². The molecular weight excluding hydrogens is 550 g/mol. The minimum Gasteiger partial charge on any atom is -0.495 e. The molecule has 3 N–H and O–H groups in total. The summed E-state index contributed by atoms with van der Waals surface area (Å²) in [6, 6.07) is 30.0. The number of halogens is 1. The summed E-state index contributed by atoms with van der Waals surface area (Å²) >= 11 is 6.04. The summed E-state index contributed by atoms with van der Waals surface area (Å²) in [5.74, 6) is 0.655. The van der Waals surface area contributed by atoms with Crippen molar-refractivity contribution < 1.29 is 14.3 Å². The first-order valence-electron chi connectivity index (χ1n) is 13.9. The average Bonchev–Trinajstić information content (AvgIpc) is 3.01. The summed E-state index contributed by atoms with van der Waals surface area (Å²) in [4.78, 5) is 30.8. The lowest BCUT2D eigenvalue weighted by molar-refractivity contribution is 0.0954. The smallest absolute Gasteiger partial charge is 0.323 e. The second kappa shape index (κ2) is 13.8. The molecule has 0 bridgehead atoms. The number of amides is 3. The third kappa shape index (κ3) is 7.33. The van der Waals surface area contributed by atoms with Crippen LogP contribution >= 0.6 is 11.6 Å². The van der Waals surface area contributed by atoms with E-state index in [-0.39, 0.29) is 5.91 Å². The average molecular weight is 584 g/mol. The van der Waals surface area contributed by atoms with Gasteiger partial charge in [-0.15, -0.1) is 0 Å². The number of para-hydroxylation sites is 2. The number of methoxy groups -OCH3 is 1. The van der Waals surface area contributed by atoms with Crippen LogP contribution in [0.5, 0.6) is 5.75 Å². The molecule has 0 spiro atoms. The molecule has 0 radical (unpaired) electrons. The highest BCUT2D eigenvalue weighted by Crippen LogP contribution is 2.31. The molecule has 4 aromatic rings. The third-order valence-corrected chi connectivity index (χ3v) is 7.40. The van der Waals surface area contributed by atoms with E-state index >= 15 is 0 Å². The molecule has 42 heavy (non-hydrogen) atoms. The second-order valence-electron chi connectivity index (χ2n) is 9.96. The van der Waals surface area contributed by atoms with Crippen molar-refractivity contribution in [2.45, 2.75) is 6.42 Å². The van der Waals surface area contributed by atoms with Crippen molar-refractivity contribution in [2.24, 2.45) is 0 Å². The van der Waals surface area contributed by atoms with E-state index in [0.717, 1.165) is 55.3 Å². The Morgan fingerprint density at radius 3 is 2.14 bits per heavy atom. The Labute approximate surface area is 251 Å². The number of ether oxygens (including phenoxy) is 1. The maximum Gasteiger partial charge on any atom is 0.323 e. The lowest BCUT2D eigenvalue weighted by Gasteiger charge is -2.38. The van der Waals surface area contributed by atoms with Crippen LogP contribution in [0.25, 0.3) is 0 Å². The fraction of sp³-hybridized carbons (Fsp3) is 0.212. The lowest BCUT2D eigenvalue weighted by Crippen LogP contribution is -2.47. The fourth-order valence-electron chi connectivity index (χ4n) is 5.07. The predicted octanol–water partition coefficient (Wildman–Crippen LogP) is 6.29. The van der Waals surface area contributed by atoms with E-state index in [4.69, 9.17) is 16.3 Å². The predicted molar refractivity (Wildman–Crippen MR) is 170 cm³/mol. The van der Waals surface area contributed by atoms with Crippen molar-refractivity contribution in [3.05, 3.63) is 113 Å². The molecule has 4 aromatic carbocycles. The number of benzene rings is 4. The number of carbonyl (C=O) groups excluding carboxylic acids is 2. The molecule has 3 amide bonds. The van der Waals surface area contributed by atoms with Crippen molar-refractivity contribution in [3.8, 4) is 5.75 Å². The Hall–Kier alpha value is -4.69. The molecule has 0 atom stereocenters. The van der Waals surface area contributed by atoms with Gasteiger partial charge in [-0.1, -0.05) is 60.1 Å². The number of nitrogens with one attached hydrogen (secondary N) is 3. The van der Waals surface area contributed by atoms with E-state index in [9.17, 15) is 9.59 Å². The zero-order valence-corrected chi connectivity index (χ0v) is 24.2. The maximum atomic E-state index is 13.5. The van der Waals surface area contributed by atoms with E-state index in [0.29, 0.717) is 28.5 Å². The molecule has 8 nitrogen and oxygen atoms in total. The van der Waals surface area contributed by atoms with E-state index in [1.165, 1.54) is 0 Å². The molecule has 0 aliphatic carbocycles. The van der Waals surface area contributed by atoms with Crippen molar-refractivity contribution in [3.63, 3.8) is 0 Å². The summed E-state index contributed by atoms with van der Waals surface area (Å²) in [5, 5.41) is 9.22. The van der Waals surface area contributed by atoms with Crippen LogP contribution in [0, 0.1) is 0 Å². The van der Waals surface area contributed by atoms with E-state index in [2.05, 4.69) is 31.8 Å². The zero-order valence-electron chi connectivity index (χ0n) is 23.5. The van der Waals surface area contributed by atoms with Gasteiger partial charge in [-0.05, 0) is 60.5 Å². The van der Waals surface area contributed by atoms with Crippen LogP contribution in [-0.4, -0.2) is 51.8 Å². The Morgan fingerprint density at radius 2 is 1.43 bits per heavy atom. The molecule has 1 fully saturated rings. The standard InChI is InChI=1S/C33H34ClN5O3/c1-42-31-13-6-5-12-30(31)39-20-18-38(19-21-39)29-15-14-27(37-33(41)36-26-11-7-10-25(34)22-26)23-28(29)32(40)35-17-16-24-8-3-2-4-9-24/h2-15,22-23H,16-21H2,1H3,(H,35,40)(H2,36,37,41). The summed E-state index contributed by atoms with van der Waals surface area (Å²) in [7, 11) is 1.68. The Kier molecular flexibility index (Phi) is 9.46. The van der Waals surface area contributed by atoms with Crippen LogP contribution in [0.1, 0.15) is 15.9 Å². The minimum absolute atomic E-state index is 0.188. The molecule has 1 heterocycles. The molecule has 0 aromatic heterocycles. The lowest BCUT2D eigenvalue weighted by atomic mass is 10.1. The van der Waals surface area contributed by atoms with Gasteiger partial charge in [0.05, 0.1) is 18.4 Å². The zero-order chi connectivity index (χ0) is 29.3. The summed E-state index contributed by atoms with van der Waals surface area (Å²) in [6.45, 7) is 3.50. The summed E-state index contributed by atoms with van der Waals surface area (Å²) in [6.07, 6.45) is 0.722. The van der Waals surface area contributed by atoms with Gasteiger partial charge >= 0.3 is 6.03 Å². The number of urea groups is 1. The highest BCUT2D eigenvalue weighted by Gasteiger charge is 2.24. The Balaban J connectivity index is 1.31. The van der Waals surface area contributed by atoms with Gasteiger partial charge in [0.1, 0.15) is 5.75 Å². The van der Waals surface area contributed by atoms with Crippen molar-refractivity contribution >= 4 is 46.3 Å². The number of hydrogen-bond donors (Lipinski definition) is 3. The van der Waals surface area contributed by atoms with E-state index in [1.807, 2.05) is 60.7 Å². The fourth-order valence-corrected chi connectivity index (χ4v) is 5.26. The first-order chi connectivity index (χ1) is 20.5. The number of carbonyl (C=O) groups is 2. The largest absolute Gasteiger partial charge is 0.495 e. The number of anilines is 4. The molecule has 216 valence electrons. The minimum atomic E-state index is -0.425. The number of rotatable bonds is 9. The number of piperazine rings is 1.